The largest absolute Gasteiger partial charge is 0.477 e. The van der Waals surface area contributed by atoms with E-state index in [1.807, 2.05) is 48.2 Å². The molecule has 0 bridgehead atoms. The van der Waals surface area contributed by atoms with Crippen molar-refractivity contribution >= 4 is 11.3 Å². The van der Waals surface area contributed by atoms with Crippen LogP contribution < -0.4 is 9.64 Å². The molecule has 0 unspecified atom stereocenters. The molecule has 1 aliphatic heterocycles. The molecule has 124 valence electrons. The third kappa shape index (κ3) is 2.91. The van der Waals surface area contributed by atoms with Crippen molar-refractivity contribution in [2.45, 2.75) is 19.8 Å². The van der Waals surface area contributed by atoms with Crippen LogP contribution in [0.25, 0.3) is 5.52 Å². The van der Waals surface area contributed by atoms with Gasteiger partial charge in [0, 0.05) is 37.2 Å². The summed E-state index contributed by atoms with van der Waals surface area (Å²) in [5.41, 5.74) is 2.16. The Morgan fingerprint density at radius 1 is 1.12 bits per heavy atom. The van der Waals surface area contributed by atoms with E-state index < -0.39 is 0 Å². The highest BCUT2D eigenvalue weighted by molar-refractivity contribution is 5.68. The second kappa shape index (κ2) is 6.47. The molecule has 0 saturated carbocycles. The second-order valence-corrected chi connectivity index (χ2v) is 6.28. The van der Waals surface area contributed by atoms with Gasteiger partial charge in [-0.3, -0.25) is 0 Å². The maximum Gasteiger partial charge on any atom is 0.216 e. The van der Waals surface area contributed by atoms with Gasteiger partial charge in [-0.2, -0.15) is 5.10 Å². The van der Waals surface area contributed by atoms with Crippen LogP contribution in [0.4, 0.5) is 5.82 Å². The molecule has 3 aromatic heterocycles. The summed E-state index contributed by atoms with van der Waals surface area (Å²) in [5.74, 6) is 2.34. The molecular weight excluding hydrogens is 302 g/mol. The number of piperidine rings is 1. The molecule has 0 spiro atoms. The molecule has 0 radical (unpaired) electrons. The molecule has 24 heavy (non-hydrogen) atoms. The standard InChI is InChI=1S/C18H21N5O/c1-14-3-2-7-20-18(14)24-13-15-5-10-22(11-6-15)17-16-4-8-21-23(16)12-9-19-17/h2-4,7-9,12,15H,5-6,10-11,13H2,1H3. The fourth-order valence-corrected chi connectivity index (χ4v) is 3.22. The Kier molecular flexibility index (Phi) is 4.02. The molecule has 4 rings (SSSR count). The predicted octanol–water partition coefficient (Wildman–Crippen LogP) is 2.73. The van der Waals surface area contributed by atoms with E-state index in [0.29, 0.717) is 5.92 Å². The van der Waals surface area contributed by atoms with Crippen LogP contribution in [0.2, 0.25) is 0 Å². The van der Waals surface area contributed by atoms with Gasteiger partial charge in [-0.15, -0.1) is 0 Å². The molecule has 6 heteroatoms. The Hall–Kier alpha value is -2.63. The van der Waals surface area contributed by atoms with Gasteiger partial charge < -0.3 is 9.64 Å². The number of fused-ring (bicyclic) bond motifs is 1. The van der Waals surface area contributed by atoms with Gasteiger partial charge in [0.05, 0.1) is 12.8 Å². The first-order valence-corrected chi connectivity index (χ1v) is 8.39. The van der Waals surface area contributed by atoms with Gasteiger partial charge in [0.1, 0.15) is 5.52 Å². The van der Waals surface area contributed by atoms with E-state index >= 15 is 0 Å². The monoisotopic (exact) mass is 323 g/mol. The highest BCUT2D eigenvalue weighted by Gasteiger charge is 2.22. The summed E-state index contributed by atoms with van der Waals surface area (Å²) < 4.78 is 7.79. The molecule has 0 aromatic carbocycles. The van der Waals surface area contributed by atoms with Gasteiger partial charge >= 0.3 is 0 Å². The van der Waals surface area contributed by atoms with Crippen molar-refractivity contribution in [2.75, 3.05) is 24.6 Å². The second-order valence-electron chi connectivity index (χ2n) is 6.28. The normalized spacial score (nSPS) is 15.8. The minimum atomic E-state index is 0.562. The van der Waals surface area contributed by atoms with Crippen molar-refractivity contribution in [1.29, 1.82) is 0 Å². The van der Waals surface area contributed by atoms with Crippen molar-refractivity contribution in [3.63, 3.8) is 0 Å². The van der Waals surface area contributed by atoms with E-state index in [9.17, 15) is 0 Å². The predicted molar refractivity (Wildman–Crippen MR) is 92.4 cm³/mol. The summed E-state index contributed by atoms with van der Waals surface area (Å²) in [6.07, 6.45) is 9.49. The van der Waals surface area contributed by atoms with E-state index in [2.05, 4.69) is 20.0 Å². The number of anilines is 1. The van der Waals surface area contributed by atoms with Crippen LogP contribution >= 0.6 is 0 Å². The smallest absolute Gasteiger partial charge is 0.216 e. The van der Waals surface area contributed by atoms with Crippen LogP contribution in [0.15, 0.2) is 43.0 Å². The Balaban J connectivity index is 1.37. The first-order valence-electron chi connectivity index (χ1n) is 8.39. The quantitative estimate of drug-likeness (QED) is 0.739. The van der Waals surface area contributed by atoms with Crippen LogP contribution in [0.5, 0.6) is 5.88 Å². The van der Waals surface area contributed by atoms with E-state index in [-0.39, 0.29) is 0 Å². The van der Waals surface area contributed by atoms with Crippen molar-refractivity contribution in [3.05, 3.63) is 48.5 Å². The summed E-state index contributed by atoms with van der Waals surface area (Å²) >= 11 is 0. The average molecular weight is 323 g/mol. The zero-order chi connectivity index (χ0) is 16.4. The summed E-state index contributed by atoms with van der Waals surface area (Å²) in [5, 5.41) is 4.28. The van der Waals surface area contributed by atoms with E-state index in [4.69, 9.17) is 4.74 Å². The number of ether oxygens (including phenoxy) is 1. The first-order chi connectivity index (χ1) is 11.8. The average Bonchev–Trinajstić information content (AvgIpc) is 3.10. The third-order valence-corrected chi connectivity index (χ3v) is 4.64. The van der Waals surface area contributed by atoms with E-state index in [1.165, 1.54) is 0 Å². The zero-order valence-electron chi connectivity index (χ0n) is 13.8. The summed E-state index contributed by atoms with van der Waals surface area (Å²) in [6.45, 7) is 4.75. The lowest BCUT2D eigenvalue weighted by Crippen LogP contribution is -2.36. The Morgan fingerprint density at radius 2 is 2.00 bits per heavy atom. The van der Waals surface area contributed by atoms with Gasteiger partial charge in [-0.05, 0) is 37.8 Å². The third-order valence-electron chi connectivity index (χ3n) is 4.64. The van der Waals surface area contributed by atoms with Crippen molar-refractivity contribution in [3.8, 4) is 5.88 Å². The number of hydrogen-bond acceptors (Lipinski definition) is 5. The van der Waals surface area contributed by atoms with Crippen LogP contribution in [0.1, 0.15) is 18.4 Å². The molecule has 1 fully saturated rings. The lowest BCUT2D eigenvalue weighted by atomic mass is 9.98. The van der Waals surface area contributed by atoms with Crippen LogP contribution in [0.3, 0.4) is 0 Å². The van der Waals surface area contributed by atoms with Crippen molar-refractivity contribution in [2.24, 2.45) is 5.92 Å². The Morgan fingerprint density at radius 3 is 2.83 bits per heavy atom. The minimum absolute atomic E-state index is 0.562. The maximum atomic E-state index is 5.92. The number of nitrogens with zero attached hydrogens (tertiary/aromatic N) is 5. The van der Waals surface area contributed by atoms with Gasteiger partial charge in [-0.1, -0.05) is 6.07 Å². The van der Waals surface area contributed by atoms with Gasteiger partial charge in [0.15, 0.2) is 5.82 Å². The van der Waals surface area contributed by atoms with Gasteiger partial charge in [0.2, 0.25) is 5.88 Å². The highest BCUT2D eigenvalue weighted by atomic mass is 16.5. The van der Waals surface area contributed by atoms with Gasteiger partial charge in [-0.25, -0.2) is 14.5 Å². The Bertz CT molecular complexity index is 823. The number of aromatic nitrogens is 4. The number of hydrogen-bond donors (Lipinski definition) is 0. The molecule has 6 nitrogen and oxygen atoms in total. The molecule has 1 aliphatic rings. The lowest BCUT2D eigenvalue weighted by Gasteiger charge is -2.32. The van der Waals surface area contributed by atoms with E-state index in [0.717, 1.165) is 55.3 Å². The molecule has 3 aromatic rings. The molecule has 4 heterocycles. The van der Waals surface area contributed by atoms with Crippen LogP contribution in [0, 0.1) is 12.8 Å². The number of rotatable bonds is 4. The molecule has 0 atom stereocenters. The molecular formula is C18H21N5O. The molecule has 1 saturated heterocycles. The zero-order valence-corrected chi connectivity index (χ0v) is 13.8. The van der Waals surface area contributed by atoms with Crippen LogP contribution in [-0.4, -0.2) is 39.3 Å². The number of aryl methyl sites for hydroxylation is 1. The van der Waals surface area contributed by atoms with E-state index in [1.54, 1.807) is 6.20 Å². The summed E-state index contributed by atoms with van der Waals surface area (Å²) in [7, 11) is 0. The van der Waals surface area contributed by atoms with Crippen molar-refractivity contribution < 1.29 is 4.74 Å². The fraction of sp³-hybridized carbons (Fsp3) is 0.389. The van der Waals surface area contributed by atoms with Crippen molar-refractivity contribution in [1.82, 2.24) is 19.6 Å². The Labute approximate surface area is 141 Å². The molecule has 0 N–H and O–H groups in total. The van der Waals surface area contributed by atoms with Gasteiger partial charge in [0.25, 0.3) is 0 Å². The highest BCUT2D eigenvalue weighted by Crippen LogP contribution is 2.25. The number of pyridine rings is 1. The summed E-state index contributed by atoms with van der Waals surface area (Å²) in [4.78, 5) is 11.2. The summed E-state index contributed by atoms with van der Waals surface area (Å²) in [6, 6.07) is 5.98. The lowest BCUT2D eigenvalue weighted by molar-refractivity contribution is 0.215. The topological polar surface area (TPSA) is 55.5 Å². The van der Waals surface area contributed by atoms with Crippen LogP contribution in [-0.2, 0) is 0 Å². The first kappa shape index (κ1) is 14.9. The maximum absolute atomic E-state index is 5.92. The fourth-order valence-electron chi connectivity index (χ4n) is 3.22. The molecule has 0 aliphatic carbocycles. The molecule has 0 amide bonds. The minimum Gasteiger partial charge on any atom is -0.477 e. The SMILES string of the molecule is Cc1cccnc1OCC1CCN(c2nccn3nccc23)CC1.